The number of nitrogens with zero attached hydrogens (tertiary/aromatic N) is 4. The molecule has 0 amide bonds. The maximum absolute atomic E-state index is 10.7. The molecule has 8 heteroatoms. The molecule has 19 heavy (non-hydrogen) atoms. The van der Waals surface area contributed by atoms with Gasteiger partial charge >= 0.3 is 5.88 Å². The van der Waals surface area contributed by atoms with E-state index in [1.807, 2.05) is 0 Å². The highest BCUT2D eigenvalue weighted by atomic mass is 16.6. The summed E-state index contributed by atoms with van der Waals surface area (Å²) >= 11 is 0. The Bertz CT molecular complexity index is 614. The van der Waals surface area contributed by atoms with Crippen molar-refractivity contribution in [3.63, 3.8) is 0 Å². The Morgan fingerprint density at radius 3 is 2.84 bits per heavy atom. The molecule has 8 nitrogen and oxygen atoms in total. The molecule has 0 radical (unpaired) electrons. The van der Waals surface area contributed by atoms with E-state index in [4.69, 9.17) is 4.42 Å². The molecule has 100 valence electrons. The number of nitro groups is 1. The summed E-state index contributed by atoms with van der Waals surface area (Å²) < 4.78 is 6.56. The minimum atomic E-state index is -0.854. The summed E-state index contributed by atoms with van der Waals surface area (Å²) in [5, 5.41) is 17.6. The van der Waals surface area contributed by atoms with Crippen molar-refractivity contribution in [1.29, 1.82) is 0 Å². The van der Waals surface area contributed by atoms with Gasteiger partial charge in [0.25, 0.3) is 0 Å². The molecular formula is C11H12N4O4. The second-order valence-corrected chi connectivity index (χ2v) is 4.57. The van der Waals surface area contributed by atoms with Gasteiger partial charge in [0.1, 0.15) is 16.2 Å². The van der Waals surface area contributed by atoms with E-state index >= 15 is 0 Å². The van der Waals surface area contributed by atoms with E-state index in [1.54, 1.807) is 26.2 Å². The maximum Gasteiger partial charge on any atom is 0.433 e. The van der Waals surface area contributed by atoms with Crippen molar-refractivity contribution < 1.29 is 9.34 Å². The summed E-state index contributed by atoms with van der Waals surface area (Å²) in [5.41, 5.74) is -0.184. The zero-order valence-electron chi connectivity index (χ0n) is 10.4. The largest absolute Gasteiger partial charge is 0.433 e. The van der Waals surface area contributed by atoms with E-state index < -0.39 is 10.5 Å². The molecule has 0 N–H and O–H groups in total. The molecule has 0 spiro atoms. The molecule has 0 aliphatic carbocycles. The average molecular weight is 264 g/mol. The SMILES string of the molecule is CC(C)(N=O)c1cnn(Cc2ccc([N+](=O)[O-])o2)c1. The minimum absolute atomic E-state index is 0.253. The van der Waals surface area contributed by atoms with E-state index in [9.17, 15) is 15.0 Å². The number of hydrogen-bond donors (Lipinski definition) is 0. The zero-order chi connectivity index (χ0) is 14.0. The van der Waals surface area contributed by atoms with Gasteiger partial charge in [0.05, 0.1) is 18.8 Å². The van der Waals surface area contributed by atoms with Gasteiger partial charge in [-0.1, -0.05) is 5.18 Å². The predicted molar refractivity (Wildman–Crippen MR) is 65.5 cm³/mol. The van der Waals surface area contributed by atoms with Crippen LogP contribution in [0.25, 0.3) is 0 Å². The third-order valence-electron chi connectivity index (χ3n) is 2.71. The Morgan fingerprint density at radius 1 is 1.53 bits per heavy atom. The molecule has 0 fully saturated rings. The highest BCUT2D eigenvalue weighted by Crippen LogP contribution is 2.24. The van der Waals surface area contributed by atoms with E-state index in [0.717, 1.165) is 0 Å². The van der Waals surface area contributed by atoms with E-state index in [1.165, 1.54) is 16.8 Å². The fourth-order valence-corrected chi connectivity index (χ4v) is 1.53. The smallest absolute Gasteiger partial charge is 0.404 e. The molecule has 0 aromatic carbocycles. The van der Waals surface area contributed by atoms with E-state index in [2.05, 4.69) is 10.3 Å². The summed E-state index contributed by atoms with van der Waals surface area (Å²) in [7, 11) is 0. The first-order valence-corrected chi connectivity index (χ1v) is 5.53. The normalized spacial score (nSPS) is 11.5. The fraction of sp³-hybridized carbons (Fsp3) is 0.364. The van der Waals surface area contributed by atoms with Crippen LogP contribution in [0.4, 0.5) is 5.88 Å². The molecular weight excluding hydrogens is 252 g/mol. The van der Waals surface area contributed by atoms with Crippen LogP contribution in [-0.2, 0) is 12.1 Å². The number of nitroso groups, excluding NO2 is 1. The van der Waals surface area contributed by atoms with Gasteiger partial charge in [-0.15, -0.1) is 4.91 Å². The van der Waals surface area contributed by atoms with Gasteiger partial charge in [-0.05, 0) is 19.9 Å². The van der Waals surface area contributed by atoms with Crippen LogP contribution in [0.3, 0.4) is 0 Å². The highest BCUT2D eigenvalue weighted by molar-refractivity contribution is 5.19. The monoisotopic (exact) mass is 264 g/mol. The summed E-state index contributed by atoms with van der Waals surface area (Å²) in [6.07, 6.45) is 3.20. The molecule has 2 rings (SSSR count). The van der Waals surface area contributed by atoms with E-state index in [-0.39, 0.29) is 12.4 Å². The van der Waals surface area contributed by atoms with Crippen molar-refractivity contribution in [3.05, 3.63) is 50.9 Å². The summed E-state index contributed by atoms with van der Waals surface area (Å²) in [6, 6.07) is 2.80. The molecule has 0 aliphatic rings. The molecule has 0 bridgehead atoms. The fourth-order valence-electron chi connectivity index (χ4n) is 1.53. The van der Waals surface area contributed by atoms with Gasteiger partial charge in [-0.2, -0.15) is 5.10 Å². The lowest BCUT2D eigenvalue weighted by molar-refractivity contribution is -0.402. The molecule has 0 unspecified atom stereocenters. The van der Waals surface area contributed by atoms with Crippen LogP contribution in [0.2, 0.25) is 0 Å². The Balaban J connectivity index is 2.15. The molecule has 0 saturated heterocycles. The third kappa shape index (κ3) is 2.67. The van der Waals surface area contributed by atoms with Crippen LogP contribution in [0.5, 0.6) is 0 Å². The second-order valence-electron chi connectivity index (χ2n) is 4.57. The van der Waals surface area contributed by atoms with E-state index in [0.29, 0.717) is 11.3 Å². The van der Waals surface area contributed by atoms with Gasteiger partial charge < -0.3 is 4.42 Å². The summed E-state index contributed by atoms with van der Waals surface area (Å²) in [5.74, 6) is 0.107. The van der Waals surface area contributed by atoms with Crippen molar-refractivity contribution >= 4 is 5.88 Å². The lowest BCUT2D eigenvalue weighted by Crippen LogP contribution is -2.11. The Kier molecular flexibility index (Phi) is 3.16. The summed E-state index contributed by atoms with van der Waals surface area (Å²) in [6.45, 7) is 3.61. The van der Waals surface area contributed by atoms with Crippen molar-refractivity contribution in [3.8, 4) is 0 Å². The number of rotatable bonds is 5. The van der Waals surface area contributed by atoms with Gasteiger partial charge in [-0.3, -0.25) is 14.8 Å². The molecule has 2 aromatic rings. The number of furan rings is 1. The third-order valence-corrected chi connectivity index (χ3v) is 2.71. The lowest BCUT2D eigenvalue weighted by Gasteiger charge is -2.11. The maximum atomic E-state index is 10.7. The van der Waals surface area contributed by atoms with Crippen LogP contribution >= 0.6 is 0 Å². The van der Waals surface area contributed by atoms with Gasteiger partial charge in [0.2, 0.25) is 0 Å². The quantitative estimate of drug-likeness (QED) is 0.468. The van der Waals surface area contributed by atoms with Crippen molar-refractivity contribution in [2.45, 2.75) is 25.9 Å². The van der Waals surface area contributed by atoms with Gasteiger partial charge in [-0.25, -0.2) is 0 Å². The first-order chi connectivity index (χ1) is 8.92. The van der Waals surface area contributed by atoms with Gasteiger partial charge in [0, 0.05) is 11.8 Å². The Labute approximate surface area is 108 Å². The second kappa shape index (κ2) is 4.63. The molecule has 2 aromatic heterocycles. The molecule has 0 aliphatic heterocycles. The summed E-state index contributed by atoms with van der Waals surface area (Å²) in [4.78, 5) is 20.6. The average Bonchev–Trinajstić information content (AvgIpc) is 2.99. The zero-order valence-corrected chi connectivity index (χ0v) is 10.4. The van der Waals surface area contributed by atoms with Crippen LogP contribution in [0.1, 0.15) is 25.2 Å². The van der Waals surface area contributed by atoms with Crippen molar-refractivity contribution in [1.82, 2.24) is 9.78 Å². The van der Waals surface area contributed by atoms with Crippen LogP contribution < -0.4 is 0 Å². The molecule has 0 saturated carbocycles. The van der Waals surface area contributed by atoms with Gasteiger partial charge in [0.15, 0.2) is 0 Å². The van der Waals surface area contributed by atoms with Crippen LogP contribution in [-0.4, -0.2) is 14.7 Å². The van der Waals surface area contributed by atoms with Crippen molar-refractivity contribution in [2.75, 3.05) is 0 Å². The Morgan fingerprint density at radius 2 is 2.26 bits per heavy atom. The van der Waals surface area contributed by atoms with Crippen LogP contribution in [0.15, 0.2) is 34.1 Å². The highest BCUT2D eigenvalue weighted by Gasteiger charge is 2.23. The van der Waals surface area contributed by atoms with Crippen LogP contribution in [0, 0.1) is 15.0 Å². The predicted octanol–water partition coefficient (Wildman–Crippen LogP) is 2.43. The number of aromatic nitrogens is 2. The Hall–Kier alpha value is -2.51. The minimum Gasteiger partial charge on any atom is -0.404 e. The first kappa shape index (κ1) is 12.9. The lowest BCUT2D eigenvalue weighted by atomic mass is 10.00. The standard InChI is InChI=1S/C11H12N4O4/c1-11(2,13-16)8-5-12-14(6-8)7-9-3-4-10(19-9)15(17)18/h3-6H,7H2,1-2H3. The first-order valence-electron chi connectivity index (χ1n) is 5.53. The molecule has 2 heterocycles. The van der Waals surface area contributed by atoms with Crippen molar-refractivity contribution in [2.24, 2.45) is 5.18 Å². The number of hydrogen-bond acceptors (Lipinski definition) is 6. The molecule has 0 atom stereocenters. The topological polar surface area (TPSA) is 104 Å².